The fraction of sp³-hybridized carbons (Fsp3) is 0.524. The second-order valence-electron chi connectivity index (χ2n) is 6.70. The molecule has 0 radical (unpaired) electrons. The van der Waals surface area contributed by atoms with Gasteiger partial charge in [-0.05, 0) is 50.6 Å². The van der Waals surface area contributed by atoms with Crippen molar-refractivity contribution in [2.45, 2.75) is 19.8 Å². The van der Waals surface area contributed by atoms with Crippen LogP contribution in [0.15, 0.2) is 47.7 Å². The minimum Gasteiger partial charge on any atom is -0.385 e. The number of aliphatic imine (C=N–C) groups is 1. The molecule has 0 atom stereocenters. The molecule has 0 aliphatic heterocycles. The van der Waals surface area contributed by atoms with Crippen molar-refractivity contribution < 1.29 is 4.74 Å². The van der Waals surface area contributed by atoms with Gasteiger partial charge in [0.1, 0.15) is 0 Å². The molecule has 0 unspecified atom stereocenters. The first-order valence-electron chi connectivity index (χ1n) is 10.0. The molecule has 1 aromatic heterocycles. The number of ether oxygens (including phenoxy) is 1. The van der Waals surface area contributed by atoms with Crippen molar-refractivity contribution in [1.29, 1.82) is 0 Å². The molecule has 0 saturated heterocycles. The van der Waals surface area contributed by atoms with E-state index >= 15 is 0 Å². The quantitative estimate of drug-likeness (QED) is 0.332. The summed E-state index contributed by atoms with van der Waals surface area (Å²) < 4.78 is 6.96. The number of nitrogens with zero attached hydrogens (tertiary/aromatic N) is 4. The van der Waals surface area contributed by atoms with Gasteiger partial charge < -0.3 is 20.3 Å². The Labute approximate surface area is 168 Å². The summed E-state index contributed by atoms with van der Waals surface area (Å²) in [7, 11) is 3.87. The molecule has 0 aliphatic rings. The summed E-state index contributed by atoms with van der Waals surface area (Å²) in [6.45, 7) is 7.34. The molecular weight excluding hydrogens is 352 g/mol. The van der Waals surface area contributed by atoms with E-state index in [-0.39, 0.29) is 0 Å². The van der Waals surface area contributed by atoms with Crippen LogP contribution in [0, 0.1) is 0 Å². The van der Waals surface area contributed by atoms with Crippen molar-refractivity contribution in [3.05, 3.63) is 48.3 Å². The van der Waals surface area contributed by atoms with E-state index < -0.39 is 0 Å². The van der Waals surface area contributed by atoms with Gasteiger partial charge in [-0.2, -0.15) is 5.10 Å². The van der Waals surface area contributed by atoms with Crippen LogP contribution in [-0.4, -0.2) is 74.1 Å². The molecule has 7 heteroatoms. The Balaban J connectivity index is 1.73. The van der Waals surface area contributed by atoms with Crippen LogP contribution >= 0.6 is 0 Å². The van der Waals surface area contributed by atoms with Crippen molar-refractivity contribution in [2.24, 2.45) is 4.99 Å². The summed E-state index contributed by atoms with van der Waals surface area (Å²) in [4.78, 5) is 6.96. The van der Waals surface area contributed by atoms with Crippen LogP contribution in [0.3, 0.4) is 0 Å². The lowest BCUT2D eigenvalue weighted by Crippen LogP contribution is -2.39. The van der Waals surface area contributed by atoms with Crippen LogP contribution in [0.5, 0.6) is 0 Å². The summed E-state index contributed by atoms with van der Waals surface area (Å²) in [6.07, 6.45) is 5.73. The molecule has 2 aromatic rings. The zero-order valence-corrected chi connectivity index (χ0v) is 17.4. The third-order valence-electron chi connectivity index (χ3n) is 4.40. The summed E-state index contributed by atoms with van der Waals surface area (Å²) >= 11 is 0. The Morgan fingerprint density at radius 3 is 2.71 bits per heavy atom. The Morgan fingerprint density at radius 1 is 1.21 bits per heavy atom. The van der Waals surface area contributed by atoms with Gasteiger partial charge in [-0.25, -0.2) is 4.68 Å². The molecule has 0 aliphatic carbocycles. The maximum Gasteiger partial charge on any atom is 0.191 e. The van der Waals surface area contributed by atoms with Crippen LogP contribution in [0.2, 0.25) is 0 Å². The van der Waals surface area contributed by atoms with Gasteiger partial charge >= 0.3 is 0 Å². The lowest BCUT2D eigenvalue weighted by atomic mass is 10.1. The smallest absolute Gasteiger partial charge is 0.191 e. The molecule has 2 rings (SSSR count). The van der Waals surface area contributed by atoms with Crippen LogP contribution in [0.25, 0.3) is 5.69 Å². The Kier molecular flexibility index (Phi) is 10.1. The van der Waals surface area contributed by atoms with Gasteiger partial charge in [-0.3, -0.25) is 4.99 Å². The minimum atomic E-state index is 0.775. The number of guanidine groups is 1. The molecule has 1 aromatic carbocycles. The van der Waals surface area contributed by atoms with Crippen LogP contribution < -0.4 is 10.6 Å². The maximum absolute atomic E-state index is 5.09. The van der Waals surface area contributed by atoms with Crippen molar-refractivity contribution in [3.63, 3.8) is 0 Å². The predicted octanol–water partition coefficient (Wildman–Crippen LogP) is 1.94. The number of likely N-dealkylation sites (N-methyl/N-ethyl adjacent to an activating group) is 1. The minimum absolute atomic E-state index is 0.775. The number of aromatic nitrogens is 2. The zero-order valence-electron chi connectivity index (χ0n) is 17.4. The highest BCUT2D eigenvalue weighted by Gasteiger charge is 2.01. The highest BCUT2D eigenvalue weighted by molar-refractivity contribution is 5.79. The van der Waals surface area contributed by atoms with E-state index in [1.54, 1.807) is 13.3 Å². The first kappa shape index (κ1) is 21.9. The van der Waals surface area contributed by atoms with Crippen molar-refractivity contribution in [3.8, 4) is 5.69 Å². The van der Waals surface area contributed by atoms with Gasteiger partial charge in [0.15, 0.2) is 5.96 Å². The summed E-state index contributed by atoms with van der Waals surface area (Å²) in [6, 6.07) is 10.4. The Morgan fingerprint density at radius 2 is 2.04 bits per heavy atom. The molecule has 0 bridgehead atoms. The fourth-order valence-electron chi connectivity index (χ4n) is 2.83. The second-order valence-corrected chi connectivity index (χ2v) is 6.70. The van der Waals surface area contributed by atoms with Crippen molar-refractivity contribution in [2.75, 3.05) is 53.5 Å². The molecule has 2 N–H and O–H groups in total. The molecule has 28 heavy (non-hydrogen) atoms. The van der Waals surface area contributed by atoms with E-state index in [9.17, 15) is 0 Å². The summed E-state index contributed by atoms with van der Waals surface area (Å²) in [5, 5.41) is 11.0. The summed E-state index contributed by atoms with van der Waals surface area (Å²) in [5.74, 6) is 0.876. The fourth-order valence-corrected chi connectivity index (χ4v) is 2.83. The average Bonchev–Trinajstić information content (AvgIpc) is 3.23. The first-order valence-corrected chi connectivity index (χ1v) is 10.0. The SMILES string of the molecule is CCNC(=NCCN(C)CCCOC)NCCc1ccc(-n2cccn2)cc1. The molecule has 7 nitrogen and oxygen atoms in total. The van der Waals surface area contributed by atoms with Gasteiger partial charge in [-0.1, -0.05) is 12.1 Å². The molecule has 154 valence electrons. The highest BCUT2D eigenvalue weighted by Crippen LogP contribution is 2.08. The second kappa shape index (κ2) is 12.9. The number of hydrogen-bond acceptors (Lipinski definition) is 4. The van der Waals surface area contributed by atoms with E-state index in [0.29, 0.717) is 0 Å². The van der Waals surface area contributed by atoms with Crippen molar-refractivity contribution in [1.82, 2.24) is 25.3 Å². The number of hydrogen-bond donors (Lipinski definition) is 2. The van der Waals surface area contributed by atoms with Crippen LogP contribution in [-0.2, 0) is 11.2 Å². The molecule has 1 heterocycles. The van der Waals surface area contributed by atoms with Crippen molar-refractivity contribution >= 4 is 5.96 Å². The number of nitrogens with one attached hydrogen (secondary N) is 2. The van der Waals surface area contributed by atoms with E-state index in [1.807, 2.05) is 16.9 Å². The number of methoxy groups -OCH3 is 1. The lowest BCUT2D eigenvalue weighted by molar-refractivity contribution is 0.180. The molecule has 0 saturated carbocycles. The molecule has 0 fully saturated rings. The van der Waals surface area contributed by atoms with E-state index in [1.165, 1.54) is 5.56 Å². The lowest BCUT2D eigenvalue weighted by Gasteiger charge is -2.16. The van der Waals surface area contributed by atoms with Gasteiger partial charge in [0.05, 0.1) is 12.2 Å². The Hall–Kier alpha value is -2.38. The van der Waals surface area contributed by atoms with Gasteiger partial charge in [-0.15, -0.1) is 0 Å². The third-order valence-corrected chi connectivity index (χ3v) is 4.40. The van der Waals surface area contributed by atoms with E-state index in [4.69, 9.17) is 4.74 Å². The predicted molar refractivity (Wildman–Crippen MR) is 115 cm³/mol. The zero-order chi connectivity index (χ0) is 20.0. The number of rotatable bonds is 12. The first-order chi connectivity index (χ1) is 13.7. The van der Waals surface area contributed by atoms with Gasteiger partial charge in [0, 0.05) is 52.3 Å². The molecular formula is C21H34N6O. The van der Waals surface area contributed by atoms with Crippen LogP contribution in [0.4, 0.5) is 0 Å². The van der Waals surface area contributed by atoms with E-state index in [0.717, 1.165) is 63.8 Å². The number of benzene rings is 1. The maximum atomic E-state index is 5.09. The Bertz CT molecular complexity index is 669. The highest BCUT2D eigenvalue weighted by atomic mass is 16.5. The van der Waals surface area contributed by atoms with E-state index in [2.05, 4.69) is 63.9 Å². The standard InChI is InChI=1S/C21H34N6O/c1-4-22-21(24-14-17-26(2)15-6-18-28-3)23-13-11-19-7-9-20(10-8-19)27-16-5-12-25-27/h5,7-10,12,16H,4,6,11,13-15,17-18H2,1-3H3,(H2,22,23,24). The normalized spacial score (nSPS) is 11.8. The molecule has 0 spiro atoms. The summed E-state index contributed by atoms with van der Waals surface area (Å²) in [5.41, 5.74) is 2.36. The van der Waals surface area contributed by atoms with Gasteiger partial charge in [0.25, 0.3) is 0 Å². The monoisotopic (exact) mass is 386 g/mol. The van der Waals surface area contributed by atoms with Gasteiger partial charge in [0.2, 0.25) is 0 Å². The topological polar surface area (TPSA) is 66.7 Å². The molecule has 0 amide bonds. The van der Waals surface area contributed by atoms with Crippen LogP contribution in [0.1, 0.15) is 18.9 Å². The average molecular weight is 387 g/mol. The third kappa shape index (κ3) is 8.10. The largest absolute Gasteiger partial charge is 0.385 e.